The second-order valence-electron chi connectivity index (χ2n) is 6.63. The number of nitrogens with one attached hydrogen (secondary N) is 2. The molecule has 0 fully saturated rings. The highest BCUT2D eigenvalue weighted by Crippen LogP contribution is 2.20. The predicted octanol–water partition coefficient (Wildman–Crippen LogP) is 2.36. The molecule has 0 aliphatic carbocycles. The third-order valence-electron chi connectivity index (χ3n) is 3.10. The van der Waals surface area contributed by atoms with Crippen molar-refractivity contribution in [3.8, 4) is 5.19 Å². The lowest BCUT2D eigenvalue weighted by Crippen LogP contribution is -2.42. The van der Waals surface area contributed by atoms with E-state index in [1.165, 1.54) is 17.5 Å². The number of unbranched alkanes of at least 4 members (excludes halogenated alkanes) is 2. The molecule has 1 rings (SSSR count). The van der Waals surface area contributed by atoms with Gasteiger partial charge in [-0.25, -0.2) is 4.98 Å². The number of ether oxygens (including phenoxy) is 1. The van der Waals surface area contributed by atoms with E-state index in [4.69, 9.17) is 4.74 Å². The maximum Gasteiger partial charge on any atom is 0.273 e. The van der Waals surface area contributed by atoms with Gasteiger partial charge in [-0.2, -0.15) is 0 Å². The molecule has 24 heavy (non-hydrogen) atoms. The minimum Gasteiger partial charge on any atom is -0.467 e. The average Bonchev–Trinajstić information content (AvgIpc) is 2.99. The fraction of sp³-hybridized carbons (Fsp3) is 0.647. The summed E-state index contributed by atoms with van der Waals surface area (Å²) < 4.78 is 5.45. The molecule has 0 radical (unpaired) electrons. The zero-order valence-electron chi connectivity index (χ0n) is 14.8. The van der Waals surface area contributed by atoms with Gasteiger partial charge >= 0.3 is 0 Å². The molecular formula is C17H29N3O3S. The van der Waals surface area contributed by atoms with Crippen molar-refractivity contribution in [2.24, 2.45) is 0 Å². The molecule has 6 nitrogen and oxygen atoms in total. The molecule has 1 unspecified atom stereocenters. The predicted molar refractivity (Wildman–Crippen MR) is 97.8 cm³/mol. The lowest BCUT2D eigenvalue weighted by Gasteiger charge is -2.22. The van der Waals surface area contributed by atoms with Gasteiger partial charge in [0.05, 0.1) is 6.20 Å². The third kappa shape index (κ3) is 9.00. The molecular weight excluding hydrogens is 326 g/mol. The van der Waals surface area contributed by atoms with Crippen molar-refractivity contribution in [1.29, 1.82) is 0 Å². The number of allylic oxidation sites excluding steroid dienone is 1. The zero-order valence-corrected chi connectivity index (χ0v) is 15.6. The van der Waals surface area contributed by atoms with Crippen LogP contribution in [-0.4, -0.2) is 47.3 Å². The van der Waals surface area contributed by atoms with Crippen molar-refractivity contribution in [1.82, 2.24) is 15.6 Å². The van der Waals surface area contributed by atoms with E-state index in [0.29, 0.717) is 23.2 Å². The normalized spacial score (nSPS) is 12.7. The Morgan fingerprint density at radius 2 is 2.25 bits per heavy atom. The van der Waals surface area contributed by atoms with Gasteiger partial charge < -0.3 is 20.5 Å². The number of carbonyl (C=O) groups is 1. The molecule has 1 aromatic heterocycles. The number of aliphatic hydroxyl groups is 1. The first kappa shape index (κ1) is 20.6. The van der Waals surface area contributed by atoms with Gasteiger partial charge in [0.25, 0.3) is 11.1 Å². The fourth-order valence-corrected chi connectivity index (χ4v) is 2.47. The highest BCUT2D eigenvalue weighted by molar-refractivity contribution is 7.15. The molecule has 1 heterocycles. The molecule has 0 aliphatic heterocycles. The lowest BCUT2D eigenvalue weighted by atomic mass is 10.1. The first-order chi connectivity index (χ1) is 11.3. The van der Waals surface area contributed by atoms with Gasteiger partial charge in [0.2, 0.25) is 0 Å². The summed E-state index contributed by atoms with van der Waals surface area (Å²) in [5.41, 5.74) is -0.0565. The van der Waals surface area contributed by atoms with Gasteiger partial charge in [0, 0.05) is 18.6 Å². The minimum absolute atomic E-state index is 0.0565. The van der Waals surface area contributed by atoms with E-state index in [2.05, 4.69) is 22.2 Å². The minimum atomic E-state index is -0.629. The molecule has 3 N–H and O–H groups in total. The monoisotopic (exact) mass is 355 g/mol. The Morgan fingerprint density at radius 1 is 1.50 bits per heavy atom. The van der Waals surface area contributed by atoms with E-state index in [1.54, 1.807) is 0 Å². The van der Waals surface area contributed by atoms with Crippen LogP contribution < -0.4 is 15.4 Å². The number of nitrogens with zero attached hydrogens (tertiary/aromatic N) is 1. The van der Waals surface area contributed by atoms with E-state index >= 15 is 0 Å². The number of β-amino-alcohol motifs (C(OH)–C–C–N with tert-alkyl or cyclic N) is 1. The second kappa shape index (κ2) is 10.4. The number of aliphatic hydroxyl groups excluding tert-OH is 1. The van der Waals surface area contributed by atoms with Crippen LogP contribution in [0.25, 0.3) is 0 Å². The highest BCUT2D eigenvalue weighted by atomic mass is 32.1. The van der Waals surface area contributed by atoms with Crippen LogP contribution in [0.1, 0.15) is 49.7 Å². The Morgan fingerprint density at radius 3 is 2.92 bits per heavy atom. The summed E-state index contributed by atoms with van der Waals surface area (Å²) in [6.07, 6.45) is 5.64. The quantitative estimate of drug-likeness (QED) is 0.419. The Bertz CT molecular complexity index is 511. The SMILES string of the molecule is C=CCCCCNC(=O)c1cnc(OCC(O)CNC(C)(C)C)s1. The van der Waals surface area contributed by atoms with Gasteiger partial charge in [-0.05, 0) is 40.0 Å². The number of amides is 1. The summed E-state index contributed by atoms with van der Waals surface area (Å²) in [7, 11) is 0. The molecule has 0 saturated heterocycles. The van der Waals surface area contributed by atoms with Gasteiger partial charge in [0.1, 0.15) is 17.6 Å². The van der Waals surface area contributed by atoms with Crippen molar-refractivity contribution in [2.45, 2.75) is 51.7 Å². The fourth-order valence-electron chi connectivity index (χ4n) is 1.78. The Labute approximate surface area is 148 Å². The third-order valence-corrected chi connectivity index (χ3v) is 4.00. The van der Waals surface area contributed by atoms with Crippen LogP contribution in [0.15, 0.2) is 18.9 Å². The summed E-state index contributed by atoms with van der Waals surface area (Å²) in [6.45, 7) is 11.0. The van der Waals surface area contributed by atoms with E-state index < -0.39 is 6.10 Å². The standard InChI is InChI=1S/C17H29N3O3S/c1-5-6-7-8-9-18-15(22)14-11-19-16(24-14)23-12-13(21)10-20-17(2,3)4/h5,11,13,20-21H,1,6-10,12H2,2-4H3,(H,18,22). The van der Waals surface area contributed by atoms with E-state index in [-0.39, 0.29) is 18.1 Å². The second-order valence-corrected chi connectivity index (χ2v) is 7.62. The highest BCUT2D eigenvalue weighted by Gasteiger charge is 2.14. The summed E-state index contributed by atoms with van der Waals surface area (Å²) in [5, 5.41) is 16.3. The average molecular weight is 356 g/mol. The number of hydrogen-bond donors (Lipinski definition) is 3. The first-order valence-corrected chi connectivity index (χ1v) is 9.04. The Balaban J connectivity index is 2.29. The smallest absolute Gasteiger partial charge is 0.273 e. The number of thiazole rings is 1. The van der Waals surface area contributed by atoms with Crippen LogP contribution in [0.4, 0.5) is 0 Å². The van der Waals surface area contributed by atoms with Gasteiger partial charge in [0.15, 0.2) is 0 Å². The van der Waals surface area contributed by atoms with Crippen LogP contribution in [0.5, 0.6) is 5.19 Å². The molecule has 0 bridgehead atoms. The summed E-state index contributed by atoms with van der Waals surface area (Å²) in [5.74, 6) is -0.143. The number of aromatic nitrogens is 1. The van der Waals surface area contributed by atoms with Crippen molar-refractivity contribution in [3.63, 3.8) is 0 Å². The molecule has 1 atom stereocenters. The molecule has 7 heteroatoms. The summed E-state index contributed by atoms with van der Waals surface area (Å²) in [6, 6.07) is 0. The summed E-state index contributed by atoms with van der Waals surface area (Å²) >= 11 is 1.18. The maximum atomic E-state index is 12.0. The first-order valence-electron chi connectivity index (χ1n) is 8.22. The van der Waals surface area contributed by atoms with Crippen molar-refractivity contribution in [2.75, 3.05) is 19.7 Å². The van der Waals surface area contributed by atoms with Crippen LogP contribution >= 0.6 is 11.3 Å². The molecule has 136 valence electrons. The molecule has 0 saturated carbocycles. The summed E-state index contributed by atoms with van der Waals surface area (Å²) in [4.78, 5) is 16.5. The van der Waals surface area contributed by atoms with Gasteiger partial charge in [-0.3, -0.25) is 4.79 Å². The van der Waals surface area contributed by atoms with Gasteiger partial charge in [-0.1, -0.05) is 17.4 Å². The van der Waals surface area contributed by atoms with E-state index in [0.717, 1.165) is 19.3 Å². The molecule has 0 aliphatic rings. The van der Waals surface area contributed by atoms with Gasteiger partial charge in [-0.15, -0.1) is 6.58 Å². The number of hydrogen-bond acceptors (Lipinski definition) is 6. The van der Waals surface area contributed by atoms with Crippen LogP contribution in [-0.2, 0) is 0 Å². The van der Waals surface area contributed by atoms with E-state index in [1.807, 2.05) is 26.8 Å². The van der Waals surface area contributed by atoms with Crippen LogP contribution in [0, 0.1) is 0 Å². The number of carbonyl (C=O) groups excluding carboxylic acids is 1. The molecule has 0 aromatic carbocycles. The van der Waals surface area contributed by atoms with Crippen molar-refractivity contribution in [3.05, 3.63) is 23.7 Å². The Hall–Kier alpha value is -1.44. The largest absolute Gasteiger partial charge is 0.467 e. The topological polar surface area (TPSA) is 83.5 Å². The number of rotatable bonds is 11. The lowest BCUT2D eigenvalue weighted by molar-refractivity contribution is 0.0957. The molecule has 1 aromatic rings. The molecule has 1 amide bonds. The van der Waals surface area contributed by atoms with Crippen LogP contribution in [0.2, 0.25) is 0 Å². The maximum absolute atomic E-state index is 12.0. The van der Waals surface area contributed by atoms with Crippen LogP contribution in [0.3, 0.4) is 0 Å². The molecule has 0 spiro atoms. The van der Waals surface area contributed by atoms with Crippen molar-refractivity contribution < 1.29 is 14.6 Å². The van der Waals surface area contributed by atoms with Crippen molar-refractivity contribution >= 4 is 17.2 Å². The Kier molecular flexibility index (Phi) is 8.95. The van der Waals surface area contributed by atoms with E-state index in [9.17, 15) is 9.90 Å². The zero-order chi connectivity index (χ0) is 18.0.